The average molecular weight is 624 g/mol. The number of nitrogens with one attached hydrogen (secondary N) is 5. The molecule has 1 aliphatic heterocycles. The summed E-state index contributed by atoms with van der Waals surface area (Å²) in [6, 6.07) is 1.28. The second-order valence-electron chi connectivity index (χ2n) is 11.3. The lowest BCUT2D eigenvalue weighted by atomic mass is 10.0. The molecule has 14 nitrogen and oxygen atoms in total. The zero-order chi connectivity index (χ0) is 32.5. The summed E-state index contributed by atoms with van der Waals surface area (Å²) in [4.78, 5) is 61.4. The van der Waals surface area contributed by atoms with Crippen LogP contribution in [-0.2, 0) is 28.9 Å². The lowest BCUT2D eigenvalue weighted by Crippen LogP contribution is -2.67. The number of carbonyl (C=O) groups is 5. The van der Waals surface area contributed by atoms with Gasteiger partial charge >= 0.3 is 18.4 Å². The van der Waals surface area contributed by atoms with Crippen molar-refractivity contribution >= 4 is 45.4 Å². The first-order valence-electron chi connectivity index (χ1n) is 12.2. The molecule has 1 aromatic rings. The number of halogens is 3. The van der Waals surface area contributed by atoms with Gasteiger partial charge in [0.15, 0.2) is 9.84 Å². The summed E-state index contributed by atoms with van der Waals surface area (Å²) in [7, 11) is -4.21. The summed E-state index contributed by atoms with van der Waals surface area (Å²) >= 11 is 0. The summed E-state index contributed by atoms with van der Waals surface area (Å²) in [6.07, 6.45) is -7.93. The van der Waals surface area contributed by atoms with Crippen LogP contribution in [0.2, 0.25) is 0 Å². The van der Waals surface area contributed by atoms with E-state index in [1.165, 1.54) is 26.1 Å². The Kier molecular flexibility index (Phi) is 9.46. The van der Waals surface area contributed by atoms with E-state index >= 15 is 0 Å². The number of hydrogen-bond acceptors (Lipinski definition) is 9. The van der Waals surface area contributed by atoms with Crippen molar-refractivity contribution in [3.63, 3.8) is 0 Å². The number of rotatable bonds is 4. The van der Waals surface area contributed by atoms with Crippen LogP contribution in [0.4, 0.5) is 28.4 Å². The molecule has 0 spiro atoms. The van der Waals surface area contributed by atoms with Gasteiger partial charge in [0.05, 0.1) is 16.3 Å². The number of anilines is 1. The van der Waals surface area contributed by atoms with Gasteiger partial charge < -0.3 is 20.1 Å². The number of benzene rings is 1. The third-order valence-corrected chi connectivity index (χ3v) is 7.09. The number of amides is 5. The number of fused-ring (bicyclic) bond motifs is 1. The molecule has 0 aromatic heterocycles. The van der Waals surface area contributed by atoms with Crippen molar-refractivity contribution in [2.75, 3.05) is 11.1 Å². The first-order chi connectivity index (χ1) is 18.8. The maximum absolute atomic E-state index is 13.7. The lowest BCUT2D eigenvalue weighted by molar-refractivity contribution is -0.195. The predicted octanol–water partition coefficient (Wildman–Crippen LogP) is 1.91. The number of ether oxygens (including phenoxy) is 2. The van der Waals surface area contributed by atoms with Gasteiger partial charge in [-0.1, -0.05) is 0 Å². The van der Waals surface area contributed by atoms with Gasteiger partial charge in [0, 0.05) is 5.56 Å². The highest BCUT2D eigenvalue weighted by molar-refractivity contribution is 7.91. The molecular formula is C24H32F3N5O9S. The topological polar surface area (TPSA) is 198 Å². The Morgan fingerprint density at radius 1 is 0.905 bits per heavy atom. The van der Waals surface area contributed by atoms with E-state index in [0.29, 0.717) is 6.92 Å². The molecule has 5 amide bonds. The molecule has 18 heteroatoms. The van der Waals surface area contributed by atoms with Crippen molar-refractivity contribution in [3.05, 3.63) is 23.8 Å². The van der Waals surface area contributed by atoms with E-state index in [0.717, 1.165) is 18.2 Å². The molecule has 5 N–H and O–H groups in total. The number of sulfone groups is 1. The molecule has 2 rings (SSSR count). The molecule has 0 radical (unpaired) electrons. The third-order valence-electron chi connectivity index (χ3n) is 5.29. The highest BCUT2D eigenvalue weighted by Gasteiger charge is 2.58. The summed E-state index contributed by atoms with van der Waals surface area (Å²) in [5, 5.41) is 5.89. The predicted molar refractivity (Wildman–Crippen MR) is 140 cm³/mol. The summed E-state index contributed by atoms with van der Waals surface area (Å²) in [5.41, 5.74) is -3.08. The van der Waals surface area contributed by atoms with Gasteiger partial charge in [0.1, 0.15) is 17.2 Å². The fourth-order valence-electron chi connectivity index (χ4n) is 3.28. The van der Waals surface area contributed by atoms with Crippen molar-refractivity contribution in [2.24, 2.45) is 0 Å². The smallest absolute Gasteiger partial charge is 0.420 e. The molecule has 0 fully saturated rings. The van der Waals surface area contributed by atoms with Crippen LogP contribution < -0.4 is 26.8 Å². The maximum atomic E-state index is 13.7. The van der Waals surface area contributed by atoms with Gasteiger partial charge in [0.25, 0.3) is 11.8 Å². The standard InChI is InChI=1S/C24H32F3N5O9S/c1-21(2,3)40-19(36)29-14-11-42(38,39)15-9-8-12(10-13(15)28-17(14)34)16(33)31-32-18(35)23(7,24(25,26)27)30-20(37)41-22(4,5)6/h8-10,14H,11H2,1-7H3,(H,28,34)(H,29,36)(H,30,37)(H,31,33)(H,32,35)/t14-,23?/m0/s1. The Hall–Kier alpha value is -4.09. The molecule has 234 valence electrons. The molecule has 2 atom stereocenters. The average Bonchev–Trinajstić information content (AvgIpc) is 2.86. The van der Waals surface area contributed by atoms with Gasteiger partial charge in [-0.05, 0) is 66.7 Å². The van der Waals surface area contributed by atoms with Crippen LogP contribution >= 0.6 is 0 Å². The second kappa shape index (κ2) is 11.7. The normalized spacial score (nSPS) is 18.1. The minimum absolute atomic E-state index is 0.350. The quantitative estimate of drug-likeness (QED) is 0.311. The van der Waals surface area contributed by atoms with Crippen LogP contribution in [0.5, 0.6) is 0 Å². The lowest BCUT2D eigenvalue weighted by Gasteiger charge is -2.32. The Bertz CT molecular complexity index is 1390. The van der Waals surface area contributed by atoms with Gasteiger partial charge in [-0.2, -0.15) is 13.2 Å². The highest BCUT2D eigenvalue weighted by Crippen LogP contribution is 2.31. The molecule has 0 saturated carbocycles. The van der Waals surface area contributed by atoms with Gasteiger partial charge in [0.2, 0.25) is 11.4 Å². The van der Waals surface area contributed by atoms with Crippen LogP contribution in [0.25, 0.3) is 0 Å². The van der Waals surface area contributed by atoms with E-state index in [4.69, 9.17) is 9.47 Å². The minimum atomic E-state index is -5.33. The second-order valence-corrected chi connectivity index (χ2v) is 13.3. The zero-order valence-electron chi connectivity index (χ0n) is 23.7. The molecule has 0 aliphatic carbocycles. The molecule has 1 aliphatic rings. The Morgan fingerprint density at radius 3 is 1.98 bits per heavy atom. The van der Waals surface area contributed by atoms with Crippen LogP contribution in [0.1, 0.15) is 58.8 Å². The molecule has 0 saturated heterocycles. The van der Waals surface area contributed by atoms with Crippen molar-refractivity contribution in [3.8, 4) is 0 Å². The Balaban J connectivity index is 2.22. The van der Waals surface area contributed by atoms with E-state index in [2.05, 4.69) is 10.6 Å². The number of alkyl halides is 3. The van der Waals surface area contributed by atoms with E-state index in [1.807, 2.05) is 0 Å². The summed E-state index contributed by atoms with van der Waals surface area (Å²) < 4.78 is 76.9. The molecular weight excluding hydrogens is 591 g/mol. The molecule has 42 heavy (non-hydrogen) atoms. The maximum Gasteiger partial charge on any atom is 0.420 e. The third kappa shape index (κ3) is 8.70. The number of hydrazine groups is 1. The zero-order valence-corrected chi connectivity index (χ0v) is 24.5. The van der Waals surface area contributed by atoms with Crippen molar-refractivity contribution in [1.82, 2.24) is 21.5 Å². The Morgan fingerprint density at radius 2 is 1.45 bits per heavy atom. The summed E-state index contributed by atoms with van der Waals surface area (Å²) in [5.74, 6) is -4.88. The number of hydrogen-bond donors (Lipinski definition) is 5. The molecule has 1 unspecified atom stereocenters. The molecule has 0 bridgehead atoms. The van der Waals surface area contributed by atoms with E-state index in [-0.39, 0.29) is 11.3 Å². The first-order valence-corrected chi connectivity index (χ1v) is 13.9. The largest absolute Gasteiger partial charge is 0.444 e. The monoisotopic (exact) mass is 623 g/mol. The molecule has 1 aromatic carbocycles. The van der Waals surface area contributed by atoms with Gasteiger partial charge in [-0.3, -0.25) is 30.6 Å². The van der Waals surface area contributed by atoms with Crippen LogP contribution in [0.15, 0.2) is 23.1 Å². The van der Waals surface area contributed by atoms with E-state index in [1.54, 1.807) is 31.6 Å². The highest BCUT2D eigenvalue weighted by atomic mass is 32.2. The van der Waals surface area contributed by atoms with E-state index in [9.17, 15) is 45.6 Å². The SMILES string of the molecule is CC(C)(C)OC(=O)N[C@H]1CS(=O)(=O)c2ccc(C(=O)NNC(=O)C(C)(NC(=O)OC(C)(C)C)C(F)(F)F)cc2NC1=O. The Labute approximate surface area is 239 Å². The van der Waals surface area contributed by atoms with Crippen LogP contribution in [-0.4, -0.2) is 73.0 Å². The van der Waals surface area contributed by atoms with Gasteiger partial charge in [-0.25, -0.2) is 18.0 Å². The van der Waals surface area contributed by atoms with Crippen molar-refractivity contribution in [2.45, 2.75) is 82.3 Å². The number of alkyl carbamates (subject to hydrolysis) is 2. The van der Waals surface area contributed by atoms with Crippen LogP contribution in [0.3, 0.4) is 0 Å². The number of carbonyl (C=O) groups excluding carboxylic acids is 5. The van der Waals surface area contributed by atoms with Crippen molar-refractivity contribution in [1.29, 1.82) is 0 Å². The van der Waals surface area contributed by atoms with E-state index < -0.39 is 79.4 Å². The minimum Gasteiger partial charge on any atom is -0.444 e. The summed E-state index contributed by atoms with van der Waals surface area (Å²) in [6.45, 7) is 9.20. The van der Waals surface area contributed by atoms with Crippen LogP contribution in [0, 0.1) is 0 Å². The van der Waals surface area contributed by atoms with Crippen molar-refractivity contribution < 1.29 is 55.0 Å². The van der Waals surface area contributed by atoms with Gasteiger partial charge in [-0.15, -0.1) is 0 Å². The fraction of sp³-hybridized carbons (Fsp3) is 0.542. The molecule has 1 heterocycles. The first kappa shape index (κ1) is 34.1. The fourth-order valence-corrected chi connectivity index (χ4v) is 4.85.